The van der Waals surface area contributed by atoms with E-state index in [9.17, 15) is 14.4 Å². The number of nitrogens with two attached hydrogens (primary N) is 2. The summed E-state index contributed by atoms with van der Waals surface area (Å²) in [6.45, 7) is 1.69. The van der Waals surface area contributed by atoms with Crippen LogP contribution in [0, 0.1) is 0 Å². The maximum Gasteiger partial charge on any atom is 0.322 e. The summed E-state index contributed by atoms with van der Waals surface area (Å²) in [4.78, 5) is 36.3. The summed E-state index contributed by atoms with van der Waals surface area (Å²) in [6.07, 6.45) is -0.0521. The maximum atomic E-state index is 12.1. The molecule has 1 rings (SSSR count). The van der Waals surface area contributed by atoms with E-state index in [0.717, 1.165) is 5.56 Å². The molecule has 4 N–H and O–H groups in total. The van der Waals surface area contributed by atoms with Gasteiger partial charge in [0, 0.05) is 19.0 Å². The Morgan fingerprint density at radius 3 is 2.40 bits per heavy atom. The molecule has 25 heavy (non-hydrogen) atoms. The van der Waals surface area contributed by atoms with Crippen molar-refractivity contribution in [2.24, 2.45) is 11.5 Å². The summed E-state index contributed by atoms with van der Waals surface area (Å²) >= 11 is 0. The Balaban J connectivity index is 2.65. The molecular formula is C17H25N3O5. The van der Waals surface area contributed by atoms with Crippen LogP contribution in [-0.4, -0.2) is 55.0 Å². The predicted molar refractivity (Wildman–Crippen MR) is 91.1 cm³/mol. The van der Waals surface area contributed by atoms with E-state index in [4.69, 9.17) is 20.9 Å². The fraction of sp³-hybridized carbons (Fsp3) is 0.471. The van der Waals surface area contributed by atoms with Crippen molar-refractivity contribution in [1.29, 1.82) is 0 Å². The standard InChI is InChI=1S/C17H25N3O5/c1-12(17(23)24-2)20(9-14(18)8-15(19)21)10-16(22)25-11-13-6-4-3-5-7-13/h3-7,12,14H,8-11,18H2,1-2H3,(H2,19,21)/t12-,14+/m0/s1. The Kier molecular flexibility index (Phi) is 8.59. The monoisotopic (exact) mass is 351 g/mol. The maximum absolute atomic E-state index is 12.1. The fourth-order valence-corrected chi connectivity index (χ4v) is 2.25. The van der Waals surface area contributed by atoms with E-state index in [-0.39, 0.29) is 26.1 Å². The second-order valence-electron chi connectivity index (χ2n) is 5.71. The van der Waals surface area contributed by atoms with Gasteiger partial charge in [-0.15, -0.1) is 0 Å². The minimum absolute atomic E-state index is 0.0521. The van der Waals surface area contributed by atoms with E-state index < -0.39 is 29.9 Å². The van der Waals surface area contributed by atoms with Gasteiger partial charge in [0.05, 0.1) is 13.7 Å². The van der Waals surface area contributed by atoms with Crippen molar-refractivity contribution in [2.45, 2.75) is 32.0 Å². The molecule has 0 fully saturated rings. The van der Waals surface area contributed by atoms with Gasteiger partial charge in [0.1, 0.15) is 12.6 Å². The van der Waals surface area contributed by atoms with E-state index >= 15 is 0 Å². The van der Waals surface area contributed by atoms with Crippen molar-refractivity contribution in [3.63, 3.8) is 0 Å². The van der Waals surface area contributed by atoms with Crippen molar-refractivity contribution in [2.75, 3.05) is 20.2 Å². The summed E-state index contributed by atoms with van der Waals surface area (Å²) in [5, 5.41) is 0. The van der Waals surface area contributed by atoms with Crippen LogP contribution in [0.1, 0.15) is 18.9 Å². The molecule has 0 heterocycles. The Hall–Kier alpha value is -2.45. The summed E-state index contributed by atoms with van der Waals surface area (Å²) in [5.41, 5.74) is 11.8. The molecule has 0 aliphatic heterocycles. The number of carbonyl (C=O) groups excluding carboxylic acids is 3. The number of rotatable bonds is 10. The van der Waals surface area contributed by atoms with Crippen LogP contribution in [0.15, 0.2) is 30.3 Å². The molecule has 0 radical (unpaired) electrons. The quantitative estimate of drug-likeness (QED) is 0.559. The highest BCUT2D eigenvalue weighted by Gasteiger charge is 2.26. The van der Waals surface area contributed by atoms with E-state index in [2.05, 4.69) is 0 Å². The highest BCUT2D eigenvalue weighted by Crippen LogP contribution is 2.06. The van der Waals surface area contributed by atoms with Gasteiger partial charge >= 0.3 is 11.9 Å². The first-order valence-corrected chi connectivity index (χ1v) is 7.88. The lowest BCUT2D eigenvalue weighted by molar-refractivity contribution is -0.151. The lowest BCUT2D eigenvalue weighted by atomic mass is 10.1. The average molecular weight is 351 g/mol. The topological polar surface area (TPSA) is 125 Å². The third-order valence-corrected chi connectivity index (χ3v) is 3.60. The van der Waals surface area contributed by atoms with Crippen LogP contribution in [0.2, 0.25) is 0 Å². The molecular weight excluding hydrogens is 326 g/mol. The van der Waals surface area contributed by atoms with E-state index in [1.165, 1.54) is 12.0 Å². The van der Waals surface area contributed by atoms with Gasteiger partial charge in [0.2, 0.25) is 5.91 Å². The number of benzene rings is 1. The number of esters is 2. The molecule has 2 atom stereocenters. The van der Waals surface area contributed by atoms with Crippen LogP contribution in [0.4, 0.5) is 0 Å². The second-order valence-corrected chi connectivity index (χ2v) is 5.71. The third kappa shape index (κ3) is 7.77. The Labute approximate surface area is 147 Å². The van der Waals surface area contributed by atoms with Gasteiger partial charge in [-0.3, -0.25) is 19.3 Å². The first-order valence-electron chi connectivity index (χ1n) is 7.88. The third-order valence-electron chi connectivity index (χ3n) is 3.60. The number of hydrogen-bond acceptors (Lipinski definition) is 7. The fourth-order valence-electron chi connectivity index (χ4n) is 2.25. The largest absolute Gasteiger partial charge is 0.468 e. The van der Waals surface area contributed by atoms with Gasteiger partial charge in [0.15, 0.2) is 0 Å². The zero-order valence-electron chi connectivity index (χ0n) is 14.5. The average Bonchev–Trinajstić information content (AvgIpc) is 2.58. The minimum Gasteiger partial charge on any atom is -0.468 e. The molecule has 8 nitrogen and oxygen atoms in total. The van der Waals surface area contributed by atoms with Crippen LogP contribution in [-0.2, 0) is 30.5 Å². The molecule has 138 valence electrons. The van der Waals surface area contributed by atoms with Gasteiger partial charge in [-0.05, 0) is 12.5 Å². The molecule has 0 aromatic heterocycles. The summed E-state index contributed by atoms with van der Waals surface area (Å²) in [6, 6.07) is 7.91. The molecule has 0 saturated heterocycles. The van der Waals surface area contributed by atoms with Gasteiger partial charge in [-0.2, -0.15) is 0 Å². The molecule has 1 amide bonds. The number of methoxy groups -OCH3 is 1. The summed E-state index contributed by atoms with van der Waals surface area (Å²) < 4.78 is 9.92. The predicted octanol–water partition coefficient (Wildman–Crippen LogP) is -0.204. The van der Waals surface area contributed by atoms with Crippen LogP contribution in [0.5, 0.6) is 0 Å². The SMILES string of the molecule is COC(=O)[C@H](C)N(CC(=O)OCc1ccccc1)C[C@H](N)CC(N)=O. The molecule has 8 heteroatoms. The van der Waals surface area contributed by atoms with Crippen molar-refractivity contribution < 1.29 is 23.9 Å². The Morgan fingerprint density at radius 1 is 1.20 bits per heavy atom. The van der Waals surface area contributed by atoms with Crippen LogP contribution in [0.3, 0.4) is 0 Å². The van der Waals surface area contributed by atoms with E-state index in [0.29, 0.717) is 0 Å². The lowest BCUT2D eigenvalue weighted by Gasteiger charge is -2.28. The normalized spacial score (nSPS) is 13.1. The van der Waals surface area contributed by atoms with Crippen molar-refractivity contribution in [3.8, 4) is 0 Å². The molecule has 1 aromatic carbocycles. The Bertz CT molecular complexity index is 579. The molecule has 0 unspecified atom stereocenters. The highest BCUT2D eigenvalue weighted by molar-refractivity contribution is 5.77. The molecule has 0 aliphatic rings. The van der Waals surface area contributed by atoms with Gasteiger partial charge in [0.25, 0.3) is 0 Å². The smallest absolute Gasteiger partial charge is 0.322 e. The van der Waals surface area contributed by atoms with Gasteiger partial charge in [-0.1, -0.05) is 30.3 Å². The number of primary amides is 1. The highest BCUT2D eigenvalue weighted by atomic mass is 16.5. The summed E-state index contributed by atoms with van der Waals surface area (Å²) in [7, 11) is 1.26. The first kappa shape index (κ1) is 20.6. The van der Waals surface area contributed by atoms with E-state index in [1.807, 2.05) is 30.3 Å². The zero-order valence-corrected chi connectivity index (χ0v) is 14.5. The first-order chi connectivity index (χ1) is 11.8. The van der Waals surface area contributed by atoms with Gasteiger partial charge in [-0.25, -0.2) is 0 Å². The van der Waals surface area contributed by atoms with Crippen molar-refractivity contribution in [1.82, 2.24) is 4.90 Å². The van der Waals surface area contributed by atoms with Crippen LogP contribution < -0.4 is 11.5 Å². The lowest BCUT2D eigenvalue weighted by Crippen LogP contribution is -2.49. The number of carbonyl (C=O) groups is 3. The molecule has 0 bridgehead atoms. The number of amides is 1. The second kappa shape index (κ2) is 10.4. The van der Waals surface area contributed by atoms with Gasteiger partial charge < -0.3 is 20.9 Å². The molecule has 0 saturated carbocycles. The molecule has 1 aromatic rings. The Morgan fingerprint density at radius 2 is 1.84 bits per heavy atom. The number of ether oxygens (including phenoxy) is 2. The molecule has 0 spiro atoms. The minimum atomic E-state index is -0.715. The van der Waals surface area contributed by atoms with Crippen molar-refractivity contribution in [3.05, 3.63) is 35.9 Å². The van der Waals surface area contributed by atoms with Crippen LogP contribution >= 0.6 is 0 Å². The summed E-state index contributed by atoms with van der Waals surface area (Å²) in [5.74, 6) is -1.57. The molecule has 0 aliphatic carbocycles. The number of nitrogens with zero attached hydrogens (tertiary/aromatic N) is 1. The zero-order chi connectivity index (χ0) is 18.8. The van der Waals surface area contributed by atoms with Crippen LogP contribution in [0.25, 0.3) is 0 Å². The van der Waals surface area contributed by atoms with E-state index in [1.54, 1.807) is 6.92 Å². The number of hydrogen-bond donors (Lipinski definition) is 2. The van der Waals surface area contributed by atoms with Crippen molar-refractivity contribution >= 4 is 17.8 Å².